The van der Waals surface area contributed by atoms with Crippen LogP contribution < -0.4 is 0 Å². The number of carbonyl (C=O) groups excluding carboxylic acids is 1. The molecule has 0 unspecified atom stereocenters. The van der Waals surface area contributed by atoms with Gasteiger partial charge in [-0.25, -0.2) is 0 Å². The predicted octanol–water partition coefficient (Wildman–Crippen LogP) is 3.95. The Morgan fingerprint density at radius 3 is 2.58 bits per heavy atom. The Morgan fingerprint density at radius 2 is 1.83 bits per heavy atom. The minimum absolute atomic E-state index is 0.115. The number of thioether (sulfide) groups is 1. The lowest BCUT2D eigenvalue weighted by Crippen LogP contribution is -2.49. The first-order valence-electron chi connectivity index (χ1n) is 8.05. The number of nitrogens with zero attached hydrogens (tertiary/aromatic N) is 2. The van der Waals surface area contributed by atoms with E-state index in [2.05, 4.69) is 24.1 Å². The van der Waals surface area contributed by atoms with Crippen molar-refractivity contribution in [2.45, 2.75) is 10.9 Å². The molecular formula is C19H21ClN2OS. The summed E-state index contributed by atoms with van der Waals surface area (Å²) in [5.41, 5.74) is 1.19. The van der Waals surface area contributed by atoms with E-state index < -0.39 is 0 Å². The molecule has 0 aromatic heterocycles. The summed E-state index contributed by atoms with van der Waals surface area (Å²) in [4.78, 5) is 18.1. The van der Waals surface area contributed by atoms with Crippen LogP contribution in [-0.2, 0) is 4.79 Å². The van der Waals surface area contributed by atoms with Crippen molar-refractivity contribution in [3.8, 4) is 0 Å². The SMILES string of the molecule is CN1CCN(C(=O)CSc2ccccc2Cl)[C@H](c2ccccc2)C1. The highest BCUT2D eigenvalue weighted by Gasteiger charge is 2.29. The van der Waals surface area contributed by atoms with Gasteiger partial charge in [-0.15, -0.1) is 11.8 Å². The van der Waals surface area contributed by atoms with Gasteiger partial charge in [0.05, 0.1) is 16.8 Å². The first-order chi connectivity index (χ1) is 11.6. The van der Waals surface area contributed by atoms with Gasteiger partial charge in [-0.1, -0.05) is 54.1 Å². The minimum Gasteiger partial charge on any atom is -0.332 e. The highest BCUT2D eigenvalue weighted by atomic mass is 35.5. The number of amides is 1. The monoisotopic (exact) mass is 360 g/mol. The van der Waals surface area contributed by atoms with E-state index >= 15 is 0 Å². The largest absolute Gasteiger partial charge is 0.332 e. The van der Waals surface area contributed by atoms with Crippen LogP contribution in [0.15, 0.2) is 59.5 Å². The number of likely N-dealkylation sites (N-methyl/N-ethyl adjacent to an activating group) is 1. The molecule has 1 amide bonds. The van der Waals surface area contributed by atoms with Crippen molar-refractivity contribution in [1.29, 1.82) is 0 Å². The number of hydrogen-bond acceptors (Lipinski definition) is 3. The van der Waals surface area contributed by atoms with Gasteiger partial charge in [0.15, 0.2) is 0 Å². The van der Waals surface area contributed by atoms with E-state index in [1.165, 1.54) is 17.3 Å². The number of benzene rings is 2. The quantitative estimate of drug-likeness (QED) is 0.771. The van der Waals surface area contributed by atoms with Crippen molar-refractivity contribution in [3.05, 3.63) is 65.2 Å². The van der Waals surface area contributed by atoms with Gasteiger partial charge in [-0.05, 0) is 24.7 Å². The molecule has 0 aliphatic carbocycles. The second-order valence-electron chi connectivity index (χ2n) is 5.99. The summed E-state index contributed by atoms with van der Waals surface area (Å²) in [7, 11) is 2.11. The van der Waals surface area contributed by atoms with E-state index in [1.54, 1.807) is 0 Å². The lowest BCUT2D eigenvalue weighted by Gasteiger charge is -2.40. The maximum absolute atomic E-state index is 12.8. The molecule has 126 valence electrons. The standard InChI is InChI=1S/C19H21ClN2OS/c1-21-11-12-22(17(13-21)15-7-3-2-4-8-15)19(23)14-24-18-10-6-5-9-16(18)20/h2-10,17H,11-14H2,1H3/t17-/m0/s1. The molecule has 5 heteroatoms. The molecule has 2 aromatic carbocycles. The summed E-state index contributed by atoms with van der Waals surface area (Å²) in [6.07, 6.45) is 0. The van der Waals surface area contributed by atoms with Gasteiger partial charge in [0.2, 0.25) is 5.91 Å². The van der Waals surface area contributed by atoms with Crippen molar-refractivity contribution >= 4 is 29.3 Å². The summed E-state index contributed by atoms with van der Waals surface area (Å²) in [6.45, 7) is 2.54. The van der Waals surface area contributed by atoms with Gasteiger partial charge >= 0.3 is 0 Å². The molecule has 1 aliphatic heterocycles. The molecule has 1 heterocycles. The van der Waals surface area contributed by atoms with Crippen molar-refractivity contribution in [1.82, 2.24) is 9.80 Å². The van der Waals surface area contributed by atoms with Crippen LogP contribution >= 0.6 is 23.4 Å². The summed E-state index contributed by atoms with van der Waals surface area (Å²) < 4.78 is 0. The number of carbonyl (C=O) groups is 1. The van der Waals surface area contributed by atoms with E-state index in [1.807, 2.05) is 47.4 Å². The van der Waals surface area contributed by atoms with Gasteiger partial charge in [0.25, 0.3) is 0 Å². The highest BCUT2D eigenvalue weighted by Crippen LogP contribution is 2.29. The molecular weight excluding hydrogens is 340 g/mol. The van der Waals surface area contributed by atoms with Crippen molar-refractivity contribution < 1.29 is 4.79 Å². The van der Waals surface area contributed by atoms with E-state index in [-0.39, 0.29) is 11.9 Å². The highest BCUT2D eigenvalue weighted by molar-refractivity contribution is 8.00. The Morgan fingerprint density at radius 1 is 1.12 bits per heavy atom. The maximum atomic E-state index is 12.8. The average Bonchev–Trinajstić information content (AvgIpc) is 2.61. The lowest BCUT2D eigenvalue weighted by molar-refractivity contribution is -0.133. The molecule has 24 heavy (non-hydrogen) atoms. The summed E-state index contributed by atoms with van der Waals surface area (Å²) in [5, 5.41) is 0.702. The molecule has 1 saturated heterocycles. The van der Waals surface area contributed by atoms with Crippen LogP contribution in [0.3, 0.4) is 0 Å². The first-order valence-corrected chi connectivity index (χ1v) is 9.42. The second-order valence-corrected chi connectivity index (χ2v) is 7.42. The average molecular weight is 361 g/mol. The first kappa shape index (κ1) is 17.3. The molecule has 0 bridgehead atoms. The van der Waals surface area contributed by atoms with E-state index in [9.17, 15) is 4.79 Å². The third-order valence-electron chi connectivity index (χ3n) is 4.28. The Kier molecular flexibility index (Phi) is 5.82. The van der Waals surface area contributed by atoms with Crippen LogP contribution in [0.2, 0.25) is 5.02 Å². The van der Waals surface area contributed by atoms with E-state index in [0.717, 1.165) is 24.5 Å². The minimum atomic E-state index is 0.115. The van der Waals surface area contributed by atoms with Crippen LogP contribution in [0.25, 0.3) is 0 Å². The molecule has 2 aromatic rings. The summed E-state index contributed by atoms with van der Waals surface area (Å²) in [6, 6.07) is 18.1. The normalized spacial score (nSPS) is 18.6. The van der Waals surface area contributed by atoms with Crippen molar-refractivity contribution in [2.75, 3.05) is 32.4 Å². The van der Waals surface area contributed by atoms with E-state index in [4.69, 9.17) is 11.6 Å². The zero-order valence-corrected chi connectivity index (χ0v) is 15.3. The maximum Gasteiger partial charge on any atom is 0.233 e. The van der Waals surface area contributed by atoms with Crippen LogP contribution in [0.1, 0.15) is 11.6 Å². The van der Waals surface area contributed by atoms with Gasteiger partial charge in [0.1, 0.15) is 0 Å². The van der Waals surface area contributed by atoms with Crippen molar-refractivity contribution in [2.24, 2.45) is 0 Å². The molecule has 1 atom stereocenters. The predicted molar refractivity (Wildman–Crippen MR) is 101 cm³/mol. The number of hydrogen-bond donors (Lipinski definition) is 0. The topological polar surface area (TPSA) is 23.6 Å². The summed E-state index contributed by atoms with van der Waals surface area (Å²) >= 11 is 7.69. The fraction of sp³-hybridized carbons (Fsp3) is 0.316. The number of halogens is 1. The molecule has 3 rings (SSSR count). The van der Waals surface area contributed by atoms with Crippen LogP contribution in [0.4, 0.5) is 0 Å². The lowest BCUT2D eigenvalue weighted by atomic mass is 10.0. The Bertz CT molecular complexity index is 695. The number of piperazine rings is 1. The Balaban J connectivity index is 1.71. The third-order valence-corrected chi connectivity index (χ3v) is 5.78. The third kappa shape index (κ3) is 4.12. The summed E-state index contributed by atoms with van der Waals surface area (Å²) in [5.74, 6) is 0.582. The van der Waals surface area contributed by atoms with Gasteiger partial charge < -0.3 is 9.80 Å². The Hall–Kier alpha value is -1.49. The molecule has 1 fully saturated rings. The fourth-order valence-electron chi connectivity index (χ4n) is 2.96. The molecule has 0 radical (unpaired) electrons. The molecule has 3 nitrogen and oxygen atoms in total. The van der Waals surface area contributed by atoms with Crippen LogP contribution in [-0.4, -0.2) is 48.1 Å². The van der Waals surface area contributed by atoms with Crippen LogP contribution in [0.5, 0.6) is 0 Å². The smallest absolute Gasteiger partial charge is 0.233 e. The zero-order valence-electron chi connectivity index (χ0n) is 13.7. The van der Waals surface area contributed by atoms with Gasteiger partial charge in [0, 0.05) is 24.5 Å². The number of rotatable bonds is 4. The molecule has 0 spiro atoms. The van der Waals surface area contributed by atoms with Gasteiger partial charge in [-0.3, -0.25) is 4.79 Å². The van der Waals surface area contributed by atoms with Crippen molar-refractivity contribution in [3.63, 3.8) is 0 Å². The van der Waals surface area contributed by atoms with Gasteiger partial charge in [-0.2, -0.15) is 0 Å². The molecule has 0 N–H and O–H groups in total. The van der Waals surface area contributed by atoms with Crippen LogP contribution in [0, 0.1) is 0 Å². The second kappa shape index (κ2) is 8.06. The zero-order chi connectivity index (χ0) is 16.9. The fourth-order valence-corrected chi connectivity index (χ4v) is 4.09. The molecule has 0 saturated carbocycles. The molecule has 1 aliphatic rings. The van der Waals surface area contributed by atoms with E-state index in [0.29, 0.717) is 10.8 Å². The Labute approximate surface area is 152 Å².